The molecule has 0 saturated carbocycles. The van der Waals surface area contributed by atoms with Crippen LogP contribution in [0.2, 0.25) is 0 Å². The van der Waals surface area contributed by atoms with Crippen LogP contribution in [0.25, 0.3) is 0 Å². The molecule has 120 valence electrons. The number of thioether (sulfide) groups is 1. The molecule has 1 saturated heterocycles. The van der Waals surface area contributed by atoms with Crippen molar-refractivity contribution in [2.24, 2.45) is 5.73 Å². The first-order chi connectivity index (χ1) is 11.3. The highest BCUT2D eigenvalue weighted by atomic mass is 32.2. The third kappa shape index (κ3) is 3.90. The van der Waals surface area contributed by atoms with Crippen molar-refractivity contribution < 1.29 is 9.53 Å². The van der Waals surface area contributed by atoms with Crippen LogP contribution in [0.15, 0.2) is 53.7 Å². The van der Waals surface area contributed by atoms with E-state index < -0.39 is 5.91 Å². The first-order valence-corrected chi connectivity index (χ1v) is 8.42. The van der Waals surface area contributed by atoms with Crippen LogP contribution < -0.4 is 11.1 Å². The summed E-state index contributed by atoms with van der Waals surface area (Å²) in [5.41, 5.74) is 7.06. The topological polar surface area (TPSA) is 77.2 Å². The summed E-state index contributed by atoms with van der Waals surface area (Å²) in [4.78, 5) is 16.0. The number of aromatic nitrogens is 1. The molecule has 1 aromatic heterocycles. The van der Waals surface area contributed by atoms with Gasteiger partial charge in [0, 0.05) is 19.3 Å². The maximum atomic E-state index is 11.6. The van der Waals surface area contributed by atoms with Gasteiger partial charge in [-0.25, -0.2) is 4.98 Å². The molecule has 2 unspecified atom stereocenters. The number of nitrogens with one attached hydrogen (secondary N) is 1. The highest BCUT2D eigenvalue weighted by Crippen LogP contribution is 2.39. The second-order valence-corrected chi connectivity index (χ2v) is 6.41. The molecule has 3 rings (SSSR count). The maximum absolute atomic E-state index is 11.6. The Hall–Kier alpha value is -1.89. The standard InChI is InChI=1S/C17H19N3O2S/c18-16(21)13-7-4-8-20-17(13)23-15(12-5-2-1-3-6-12)14-11-19-9-10-22-14/h1-8,14-15,19H,9-11H2,(H2,18,21). The minimum Gasteiger partial charge on any atom is -0.374 e. The summed E-state index contributed by atoms with van der Waals surface area (Å²) in [6.07, 6.45) is 1.69. The molecule has 1 fully saturated rings. The lowest BCUT2D eigenvalue weighted by Crippen LogP contribution is -2.41. The molecule has 0 radical (unpaired) electrons. The zero-order valence-corrected chi connectivity index (χ0v) is 13.5. The Labute approximate surface area is 139 Å². The van der Waals surface area contributed by atoms with Crippen molar-refractivity contribution in [2.45, 2.75) is 16.4 Å². The van der Waals surface area contributed by atoms with Crippen LogP contribution in [0.3, 0.4) is 0 Å². The average Bonchev–Trinajstić information content (AvgIpc) is 2.61. The largest absolute Gasteiger partial charge is 0.374 e. The number of hydrogen-bond donors (Lipinski definition) is 2. The Kier molecular flexibility index (Phi) is 5.27. The number of rotatable bonds is 5. The fourth-order valence-electron chi connectivity index (χ4n) is 2.57. The van der Waals surface area contributed by atoms with E-state index in [0.717, 1.165) is 18.7 Å². The van der Waals surface area contributed by atoms with E-state index in [2.05, 4.69) is 22.4 Å². The van der Waals surface area contributed by atoms with Gasteiger partial charge in [-0.05, 0) is 17.7 Å². The summed E-state index contributed by atoms with van der Waals surface area (Å²) < 4.78 is 5.94. The lowest BCUT2D eigenvalue weighted by Gasteiger charge is -2.31. The smallest absolute Gasteiger partial charge is 0.251 e. The summed E-state index contributed by atoms with van der Waals surface area (Å²) in [7, 11) is 0. The Morgan fingerprint density at radius 1 is 1.30 bits per heavy atom. The summed E-state index contributed by atoms with van der Waals surface area (Å²) in [5, 5.41) is 4.04. The lowest BCUT2D eigenvalue weighted by molar-refractivity contribution is 0.0273. The van der Waals surface area contributed by atoms with Crippen LogP contribution in [0.4, 0.5) is 0 Å². The number of nitrogens with zero attached hydrogens (tertiary/aromatic N) is 1. The normalized spacial score (nSPS) is 19.2. The van der Waals surface area contributed by atoms with Gasteiger partial charge in [0.1, 0.15) is 5.03 Å². The van der Waals surface area contributed by atoms with E-state index in [1.165, 1.54) is 11.8 Å². The Bertz CT molecular complexity index is 660. The molecule has 1 aliphatic heterocycles. The number of morpholine rings is 1. The molecule has 0 bridgehead atoms. The van der Waals surface area contributed by atoms with E-state index in [9.17, 15) is 4.79 Å². The predicted octanol–water partition coefficient (Wildman–Crippen LogP) is 2.00. The van der Waals surface area contributed by atoms with E-state index in [0.29, 0.717) is 17.2 Å². The highest BCUT2D eigenvalue weighted by Gasteiger charge is 2.28. The first-order valence-electron chi connectivity index (χ1n) is 7.54. The van der Waals surface area contributed by atoms with Gasteiger partial charge in [-0.2, -0.15) is 0 Å². The number of ether oxygens (including phenoxy) is 1. The number of nitrogens with two attached hydrogens (primary N) is 1. The van der Waals surface area contributed by atoms with Crippen LogP contribution >= 0.6 is 11.8 Å². The van der Waals surface area contributed by atoms with Crippen molar-refractivity contribution in [2.75, 3.05) is 19.7 Å². The zero-order valence-electron chi connectivity index (χ0n) is 12.6. The quantitative estimate of drug-likeness (QED) is 0.821. The van der Waals surface area contributed by atoms with E-state index >= 15 is 0 Å². The number of amides is 1. The van der Waals surface area contributed by atoms with Gasteiger partial charge in [-0.3, -0.25) is 4.79 Å². The van der Waals surface area contributed by atoms with Gasteiger partial charge in [0.05, 0.1) is 23.5 Å². The number of carbonyl (C=O) groups is 1. The molecule has 1 aliphatic rings. The number of pyridine rings is 1. The molecule has 2 aromatic rings. The van der Waals surface area contributed by atoms with Gasteiger partial charge in [-0.15, -0.1) is 0 Å². The highest BCUT2D eigenvalue weighted by molar-refractivity contribution is 7.99. The van der Waals surface area contributed by atoms with E-state index in [1.54, 1.807) is 18.3 Å². The SMILES string of the molecule is NC(=O)c1cccnc1SC(c1ccccc1)C1CNCCO1. The number of primary amides is 1. The molecule has 3 N–H and O–H groups in total. The molecular weight excluding hydrogens is 310 g/mol. The van der Waals surface area contributed by atoms with Gasteiger partial charge in [0.15, 0.2) is 0 Å². The van der Waals surface area contributed by atoms with Gasteiger partial charge in [-0.1, -0.05) is 42.1 Å². The van der Waals surface area contributed by atoms with Gasteiger partial charge >= 0.3 is 0 Å². The van der Waals surface area contributed by atoms with Crippen LogP contribution in [-0.2, 0) is 4.74 Å². The van der Waals surface area contributed by atoms with E-state index in [4.69, 9.17) is 10.5 Å². The summed E-state index contributed by atoms with van der Waals surface area (Å²) in [5.74, 6) is -0.463. The number of carbonyl (C=O) groups excluding carboxylic acids is 1. The van der Waals surface area contributed by atoms with Crippen molar-refractivity contribution in [1.29, 1.82) is 0 Å². The minimum atomic E-state index is -0.463. The maximum Gasteiger partial charge on any atom is 0.251 e. The minimum absolute atomic E-state index is 0.0129. The third-order valence-corrected chi connectivity index (χ3v) is 5.08. The van der Waals surface area contributed by atoms with Crippen LogP contribution in [0.5, 0.6) is 0 Å². The van der Waals surface area contributed by atoms with Crippen molar-refractivity contribution in [3.63, 3.8) is 0 Å². The number of hydrogen-bond acceptors (Lipinski definition) is 5. The predicted molar refractivity (Wildman–Crippen MR) is 90.4 cm³/mol. The van der Waals surface area contributed by atoms with Gasteiger partial charge in [0.2, 0.25) is 0 Å². The molecule has 2 atom stereocenters. The van der Waals surface area contributed by atoms with Crippen LogP contribution in [0.1, 0.15) is 21.2 Å². The van der Waals surface area contributed by atoms with Crippen LogP contribution in [0, 0.1) is 0 Å². The summed E-state index contributed by atoms with van der Waals surface area (Å²) in [6, 6.07) is 13.6. The van der Waals surface area contributed by atoms with Gasteiger partial charge in [0.25, 0.3) is 5.91 Å². The van der Waals surface area contributed by atoms with E-state index in [-0.39, 0.29) is 11.4 Å². The monoisotopic (exact) mass is 329 g/mol. The van der Waals surface area contributed by atoms with E-state index in [1.807, 2.05) is 18.2 Å². The van der Waals surface area contributed by atoms with Gasteiger partial charge < -0.3 is 15.8 Å². The van der Waals surface area contributed by atoms with Crippen LogP contribution in [-0.4, -0.2) is 36.7 Å². The van der Waals surface area contributed by atoms with Crippen molar-refractivity contribution in [3.8, 4) is 0 Å². The second-order valence-electron chi connectivity index (χ2n) is 5.28. The lowest BCUT2D eigenvalue weighted by atomic mass is 10.1. The zero-order chi connectivity index (χ0) is 16.1. The fourth-order valence-corrected chi connectivity index (χ4v) is 3.85. The Morgan fingerprint density at radius 3 is 2.83 bits per heavy atom. The fraction of sp³-hybridized carbons (Fsp3) is 0.294. The summed E-state index contributed by atoms with van der Waals surface area (Å²) in [6.45, 7) is 2.31. The van der Waals surface area contributed by atoms with Crippen molar-refractivity contribution >= 4 is 17.7 Å². The third-order valence-electron chi connectivity index (χ3n) is 3.70. The molecule has 1 aromatic carbocycles. The molecule has 2 heterocycles. The van der Waals surface area contributed by atoms with Crippen molar-refractivity contribution in [1.82, 2.24) is 10.3 Å². The molecule has 0 spiro atoms. The average molecular weight is 329 g/mol. The van der Waals surface area contributed by atoms with Crippen molar-refractivity contribution in [3.05, 3.63) is 59.8 Å². The molecule has 6 heteroatoms. The second kappa shape index (κ2) is 7.59. The molecule has 0 aliphatic carbocycles. The molecule has 23 heavy (non-hydrogen) atoms. The Balaban J connectivity index is 1.91. The molecule has 5 nitrogen and oxygen atoms in total. The molecular formula is C17H19N3O2S. The number of benzene rings is 1. The summed E-state index contributed by atoms with van der Waals surface area (Å²) >= 11 is 1.53. The molecule has 1 amide bonds. The first kappa shape index (κ1) is 16.0. The Morgan fingerprint density at radius 2 is 2.13 bits per heavy atom.